The van der Waals surface area contributed by atoms with E-state index in [2.05, 4.69) is 25.9 Å². The summed E-state index contributed by atoms with van der Waals surface area (Å²) in [6.45, 7) is 1.89. The number of hydrogen-bond acceptors (Lipinski definition) is 2. The van der Waals surface area contributed by atoms with Crippen LogP contribution in [-0.2, 0) is 0 Å². The maximum absolute atomic E-state index is 4.36. The first-order valence-electron chi connectivity index (χ1n) is 4.32. The van der Waals surface area contributed by atoms with Gasteiger partial charge in [-0.2, -0.15) is 0 Å². The van der Waals surface area contributed by atoms with Gasteiger partial charge in [0, 0.05) is 5.56 Å². The van der Waals surface area contributed by atoms with Crippen LogP contribution in [-0.4, -0.2) is 9.97 Å². The molecule has 14 heavy (non-hydrogen) atoms. The van der Waals surface area contributed by atoms with Gasteiger partial charge in [-0.1, -0.05) is 30.3 Å². The summed E-state index contributed by atoms with van der Waals surface area (Å²) in [5.41, 5.74) is 2.06. The first-order chi connectivity index (χ1) is 6.75. The molecule has 0 amide bonds. The van der Waals surface area contributed by atoms with Crippen LogP contribution in [0.4, 0.5) is 0 Å². The fourth-order valence-corrected chi connectivity index (χ4v) is 1.76. The molecule has 0 aliphatic carbocycles. The van der Waals surface area contributed by atoms with Crippen LogP contribution >= 0.6 is 15.9 Å². The zero-order valence-electron chi connectivity index (χ0n) is 7.74. The average Bonchev–Trinajstić information content (AvgIpc) is 2.18. The minimum Gasteiger partial charge on any atom is -0.233 e. The highest BCUT2D eigenvalue weighted by atomic mass is 79.9. The molecule has 0 atom stereocenters. The second-order valence-corrected chi connectivity index (χ2v) is 3.80. The Morgan fingerprint density at radius 2 is 1.79 bits per heavy atom. The number of aromatic nitrogens is 2. The summed E-state index contributed by atoms with van der Waals surface area (Å²) >= 11 is 3.36. The normalized spacial score (nSPS) is 10.1. The molecule has 0 spiro atoms. The highest BCUT2D eigenvalue weighted by molar-refractivity contribution is 9.10. The van der Waals surface area contributed by atoms with Gasteiger partial charge in [-0.15, -0.1) is 0 Å². The molecule has 1 aromatic heterocycles. The number of halogens is 1. The molecule has 2 nitrogen and oxygen atoms in total. The number of benzene rings is 1. The second-order valence-electron chi connectivity index (χ2n) is 2.99. The van der Waals surface area contributed by atoms with Crippen LogP contribution in [0.2, 0.25) is 0 Å². The lowest BCUT2D eigenvalue weighted by molar-refractivity contribution is 1.04. The van der Waals surface area contributed by atoms with Crippen LogP contribution in [0.25, 0.3) is 11.3 Å². The fourth-order valence-electron chi connectivity index (χ4n) is 1.29. The second kappa shape index (κ2) is 3.88. The third-order valence-corrected chi connectivity index (χ3v) is 2.28. The van der Waals surface area contributed by atoms with Crippen molar-refractivity contribution >= 4 is 15.9 Å². The van der Waals surface area contributed by atoms with Gasteiger partial charge in [0.25, 0.3) is 0 Å². The smallest absolute Gasteiger partial charge is 0.127 e. The largest absolute Gasteiger partial charge is 0.233 e. The third-order valence-electron chi connectivity index (χ3n) is 1.88. The third kappa shape index (κ3) is 1.99. The molecule has 0 saturated heterocycles. The predicted octanol–water partition coefficient (Wildman–Crippen LogP) is 3.21. The van der Waals surface area contributed by atoms with Crippen molar-refractivity contribution in [2.24, 2.45) is 0 Å². The molecule has 0 aliphatic rings. The first kappa shape index (κ1) is 9.34. The molecule has 0 aliphatic heterocycles. The van der Waals surface area contributed by atoms with E-state index in [1.54, 1.807) is 0 Å². The molecule has 0 N–H and O–H groups in total. The van der Waals surface area contributed by atoms with E-state index in [9.17, 15) is 0 Å². The summed E-state index contributed by atoms with van der Waals surface area (Å²) in [5.74, 6) is 0.776. The van der Waals surface area contributed by atoms with Gasteiger partial charge in [0.2, 0.25) is 0 Å². The van der Waals surface area contributed by atoms with E-state index < -0.39 is 0 Å². The zero-order chi connectivity index (χ0) is 9.97. The van der Waals surface area contributed by atoms with Gasteiger partial charge in [0.05, 0.1) is 5.69 Å². The number of aryl methyl sites for hydroxylation is 1. The summed E-state index contributed by atoms with van der Waals surface area (Å²) in [6, 6.07) is 12.0. The number of hydrogen-bond donors (Lipinski definition) is 0. The van der Waals surface area contributed by atoms with Crippen LogP contribution in [0.1, 0.15) is 5.82 Å². The Hall–Kier alpha value is -1.22. The predicted molar refractivity (Wildman–Crippen MR) is 59.9 cm³/mol. The molecule has 1 aromatic carbocycles. The van der Waals surface area contributed by atoms with Gasteiger partial charge in [-0.25, -0.2) is 9.97 Å². The Kier molecular flexibility index (Phi) is 2.59. The summed E-state index contributed by atoms with van der Waals surface area (Å²) < 4.78 is 0.823. The molecule has 70 valence electrons. The Morgan fingerprint density at radius 1 is 1.07 bits per heavy atom. The van der Waals surface area contributed by atoms with Crippen molar-refractivity contribution in [2.75, 3.05) is 0 Å². The van der Waals surface area contributed by atoms with E-state index in [0.717, 1.165) is 21.7 Å². The summed E-state index contributed by atoms with van der Waals surface area (Å²) in [6.07, 6.45) is 0. The molecular formula is C11H9BrN2. The van der Waals surface area contributed by atoms with Crippen molar-refractivity contribution in [3.63, 3.8) is 0 Å². The molecular weight excluding hydrogens is 240 g/mol. The maximum atomic E-state index is 4.36. The van der Waals surface area contributed by atoms with Gasteiger partial charge in [-0.05, 0) is 28.9 Å². The first-order valence-corrected chi connectivity index (χ1v) is 5.11. The lowest BCUT2D eigenvalue weighted by atomic mass is 10.1. The lowest BCUT2D eigenvalue weighted by Crippen LogP contribution is -1.91. The van der Waals surface area contributed by atoms with E-state index in [1.807, 2.05) is 43.3 Å². The topological polar surface area (TPSA) is 25.8 Å². The van der Waals surface area contributed by atoms with Gasteiger partial charge < -0.3 is 0 Å². The Labute approximate surface area is 91.2 Å². The van der Waals surface area contributed by atoms with Crippen molar-refractivity contribution in [1.29, 1.82) is 0 Å². The highest BCUT2D eigenvalue weighted by Crippen LogP contribution is 2.19. The van der Waals surface area contributed by atoms with Crippen LogP contribution in [0.3, 0.4) is 0 Å². The molecule has 0 fully saturated rings. The van der Waals surface area contributed by atoms with Crippen LogP contribution < -0.4 is 0 Å². The van der Waals surface area contributed by atoms with E-state index >= 15 is 0 Å². The van der Waals surface area contributed by atoms with E-state index in [1.165, 1.54) is 0 Å². The SMILES string of the molecule is Cc1nc(Br)cc(-c2ccccc2)n1. The zero-order valence-corrected chi connectivity index (χ0v) is 9.32. The summed E-state index contributed by atoms with van der Waals surface area (Å²) in [5, 5.41) is 0. The molecule has 0 saturated carbocycles. The van der Waals surface area contributed by atoms with E-state index in [0.29, 0.717) is 0 Å². The molecule has 3 heteroatoms. The van der Waals surface area contributed by atoms with Gasteiger partial charge in [-0.3, -0.25) is 0 Å². The molecule has 0 bridgehead atoms. The summed E-state index contributed by atoms with van der Waals surface area (Å²) in [4.78, 5) is 8.53. The summed E-state index contributed by atoms with van der Waals surface area (Å²) in [7, 11) is 0. The van der Waals surface area contributed by atoms with Crippen molar-refractivity contribution in [2.45, 2.75) is 6.92 Å². The van der Waals surface area contributed by atoms with E-state index in [-0.39, 0.29) is 0 Å². The van der Waals surface area contributed by atoms with Gasteiger partial charge in [0.15, 0.2) is 0 Å². The molecule has 0 unspecified atom stereocenters. The van der Waals surface area contributed by atoms with Crippen molar-refractivity contribution < 1.29 is 0 Å². The quantitative estimate of drug-likeness (QED) is 0.725. The standard InChI is InChI=1S/C11H9BrN2/c1-8-13-10(7-11(12)14-8)9-5-3-2-4-6-9/h2-7H,1H3. The molecule has 2 aromatic rings. The minimum absolute atomic E-state index is 0.776. The van der Waals surface area contributed by atoms with E-state index in [4.69, 9.17) is 0 Å². The van der Waals surface area contributed by atoms with Crippen molar-refractivity contribution in [3.8, 4) is 11.3 Å². The number of rotatable bonds is 1. The molecule has 0 radical (unpaired) electrons. The van der Waals surface area contributed by atoms with Gasteiger partial charge >= 0.3 is 0 Å². The fraction of sp³-hybridized carbons (Fsp3) is 0.0909. The van der Waals surface area contributed by atoms with Crippen LogP contribution in [0, 0.1) is 6.92 Å². The molecule has 2 rings (SSSR count). The highest BCUT2D eigenvalue weighted by Gasteiger charge is 2.01. The number of nitrogens with zero attached hydrogens (tertiary/aromatic N) is 2. The molecule has 1 heterocycles. The van der Waals surface area contributed by atoms with Crippen molar-refractivity contribution in [3.05, 3.63) is 46.8 Å². The minimum atomic E-state index is 0.776. The van der Waals surface area contributed by atoms with Crippen LogP contribution in [0.5, 0.6) is 0 Å². The lowest BCUT2D eigenvalue weighted by Gasteiger charge is -2.01. The maximum Gasteiger partial charge on any atom is 0.127 e. The average molecular weight is 249 g/mol. The Bertz CT molecular complexity index is 420. The van der Waals surface area contributed by atoms with Crippen LogP contribution in [0.15, 0.2) is 41.0 Å². The van der Waals surface area contributed by atoms with Gasteiger partial charge in [0.1, 0.15) is 10.4 Å². The monoisotopic (exact) mass is 248 g/mol. The van der Waals surface area contributed by atoms with Crippen molar-refractivity contribution in [1.82, 2.24) is 9.97 Å². The Morgan fingerprint density at radius 3 is 2.43 bits per heavy atom. The Balaban J connectivity index is 2.52.